The van der Waals surface area contributed by atoms with Crippen molar-refractivity contribution in [2.45, 2.75) is 70.9 Å². The van der Waals surface area contributed by atoms with E-state index in [1.54, 1.807) is 0 Å². The fourth-order valence-electron chi connectivity index (χ4n) is 4.69. The highest BCUT2D eigenvalue weighted by atomic mass is 15.4. The zero-order chi connectivity index (χ0) is 20.1. The van der Waals surface area contributed by atoms with E-state index in [1.807, 2.05) is 11.6 Å². The minimum absolute atomic E-state index is 0.357. The summed E-state index contributed by atoms with van der Waals surface area (Å²) in [5.74, 6) is 4.35. The number of rotatable bonds is 5. The van der Waals surface area contributed by atoms with E-state index >= 15 is 0 Å². The van der Waals surface area contributed by atoms with Gasteiger partial charge < -0.3 is 10.6 Å². The number of guanidine groups is 1. The summed E-state index contributed by atoms with van der Waals surface area (Å²) >= 11 is 0. The lowest BCUT2D eigenvalue weighted by atomic mass is 9.79. The average Bonchev–Trinajstić information content (AvgIpc) is 3.12. The molecule has 6 nitrogen and oxygen atoms in total. The van der Waals surface area contributed by atoms with Crippen LogP contribution >= 0.6 is 0 Å². The summed E-state index contributed by atoms with van der Waals surface area (Å²) < 4.78 is 2.05. The Morgan fingerprint density at radius 2 is 1.93 bits per heavy atom. The summed E-state index contributed by atoms with van der Waals surface area (Å²) in [5, 5.41) is 11.6. The van der Waals surface area contributed by atoms with Gasteiger partial charge in [-0.1, -0.05) is 30.3 Å². The van der Waals surface area contributed by atoms with Crippen molar-refractivity contribution in [3.8, 4) is 0 Å². The summed E-state index contributed by atoms with van der Waals surface area (Å²) in [5.41, 5.74) is 1.50. The third kappa shape index (κ3) is 5.17. The topological polar surface area (TPSA) is 67.1 Å². The number of aromatic nitrogens is 3. The summed E-state index contributed by atoms with van der Waals surface area (Å²) in [4.78, 5) is 9.44. The first-order valence-corrected chi connectivity index (χ1v) is 11.2. The molecule has 156 valence electrons. The Balaban J connectivity index is 1.29. The van der Waals surface area contributed by atoms with Gasteiger partial charge in [-0.25, -0.2) is 9.67 Å². The summed E-state index contributed by atoms with van der Waals surface area (Å²) in [6, 6.07) is 11.3. The Kier molecular flexibility index (Phi) is 6.47. The highest BCUT2D eigenvalue weighted by molar-refractivity contribution is 5.80. The van der Waals surface area contributed by atoms with Gasteiger partial charge in [-0.15, -0.1) is 0 Å². The number of nitrogens with one attached hydrogen (secondary N) is 2. The number of aliphatic imine (C=N–C) groups is 1. The maximum absolute atomic E-state index is 4.94. The molecule has 0 saturated heterocycles. The SMILES string of the molecule is CCNC(=NCC1CCC(c2ccccc2)CC1)NC1CCc2nc(C)nn2C1. The largest absolute Gasteiger partial charge is 0.357 e. The molecule has 1 aromatic heterocycles. The van der Waals surface area contributed by atoms with E-state index in [0.29, 0.717) is 12.0 Å². The lowest BCUT2D eigenvalue weighted by Gasteiger charge is -2.29. The molecule has 2 N–H and O–H groups in total. The van der Waals surface area contributed by atoms with Gasteiger partial charge in [0.25, 0.3) is 0 Å². The molecule has 1 aliphatic carbocycles. The molecule has 2 aliphatic rings. The van der Waals surface area contributed by atoms with Crippen LogP contribution in [0.5, 0.6) is 0 Å². The van der Waals surface area contributed by atoms with Crippen molar-refractivity contribution in [1.82, 2.24) is 25.4 Å². The van der Waals surface area contributed by atoms with Crippen molar-refractivity contribution in [3.05, 3.63) is 47.5 Å². The van der Waals surface area contributed by atoms with Crippen molar-refractivity contribution < 1.29 is 0 Å². The molecule has 1 fully saturated rings. The second-order valence-electron chi connectivity index (χ2n) is 8.49. The fraction of sp³-hybridized carbons (Fsp3) is 0.609. The van der Waals surface area contributed by atoms with Crippen LogP contribution in [0, 0.1) is 12.8 Å². The molecule has 0 spiro atoms. The number of fused-ring (bicyclic) bond motifs is 1. The highest BCUT2D eigenvalue weighted by Gasteiger charge is 2.23. The van der Waals surface area contributed by atoms with Gasteiger partial charge in [0, 0.05) is 25.6 Å². The maximum atomic E-state index is 4.94. The standard InChI is InChI=1S/C23H34N6/c1-3-24-23(27-21-13-14-22-26-17(2)28-29(22)16-21)25-15-18-9-11-20(12-10-18)19-7-5-4-6-8-19/h4-8,18,20-21H,3,9-16H2,1-2H3,(H2,24,25,27). The van der Waals surface area contributed by atoms with Crippen LogP contribution in [0.1, 0.15) is 62.2 Å². The van der Waals surface area contributed by atoms with Crippen LogP contribution in [0.4, 0.5) is 0 Å². The predicted molar refractivity (Wildman–Crippen MR) is 117 cm³/mol. The Morgan fingerprint density at radius 3 is 2.69 bits per heavy atom. The predicted octanol–water partition coefficient (Wildman–Crippen LogP) is 3.43. The van der Waals surface area contributed by atoms with Crippen LogP contribution in [0.2, 0.25) is 0 Å². The van der Waals surface area contributed by atoms with Gasteiger partial charge in [-0.3, -0.25) is 4.99 Å². The van der Waals surface area contributed by atoms with Gasteiger partial charge >= 0.3 is 0 Å². The molecule has 0 amide bonds. The van der Waals surface area contributed by atoms with Gasteiger partial charge in [-0.05, 0) is 63.4 Å². The molecule has 4 rings (SSSR count). The van der Waals surface area contributed by atoms with Gasteiger partial charge in [0.2, 0.25) is 0 Å². The summed E-state index contributed by atoms with van der Waals surface area (Å²) in [6.45, 7) is 6.75. The van der Waals surface area contributed by atoms with Crippen LogP contribution in [0.15, 0.2) is 35.3 Å². The zero-order valence-electron chi connectivity index (χ0n) is 17.8. The van der Waals surface area contributed by atoms with Gasteiger partial charge in [0.05, 0.1) is 6.54 Å². The second kappa shape index (κ2) is 9.42. The molecule has 2 heterocycles. The molecular weight excluding hydrogens is 360 g/mol. The molecule has 29 heavy (non-hydrogen) atoms. The second-order valence-corrected chi connectivity index (χ2v) is 8.49. The van der Waals surface area contributed by atoms with Gasteiger partial charge in [0.1, 0.15) is 11.6 Å². The number of benzene rings is 1. The Hall–Kier alpha value is -2.37. The number of hydrogen-bond donors (Lipinski definition) is 2. The third-order valence-corrected chi connectivity index (χ3v) is 6.27. The van der Waals surface area contributed by atoms with Crippen molar-refractivity contribution in [3.63, 3.8) is 0 Å². The van der Waals surface area contributed by atoms with Crippen LogP contribution < -0.4 is 10.6 Å². The lowest BCUT2D eigenvalue weighted by molar-refractivity contribution is 0.332. The van der Waals surface area contributed by atoms with Crippen molar-refractivity contribution in [1.29, 1.82) is 0 Å². The van der Waals surface area contributed by atoms with E-state index in [-0.39, 0.29) is 0 Å². The van der Waals surface area contributed by atoms with E-state index in [4.69, 9.17) is 4.99 Å². The van der Waals surface area contributed by atoms with E-state index in [0.717, 1.165) is 56.0 Å². The van der Waals surface area contributed by atoms with E-state index < -0.39 is 0 Å². The highest BCUT2D eigenvalue weighted by Crippen LogP contribution is 2.35. The first-order chi connectivity index (χ1) is 14.2. The Bertz CT molecular complexity index is 804. The first kappa shape index (κ1) is 19.9. The van der Waals surface area contributed by atoms with Crippen molar-refractivity contribution in [2.24, 2.45) is 10.9 Å². The van der Waals surface area contributed by atoms with Crippen LogP contribution in [0.25, 0.3) is 0 Å². The number of nitrogens with zero attached hydrogens (tertiary/aromatic N) is 4. The minimum atomic E-state index is 0.357. The monoisotopic (exact) mass is 394 g/mol. The summed E-state index contributed by atoms with van der Waals surface area (Å²) in [7, 11) is 0. The number of hydrogen-bond acceptors (Lipinski definition) is 3. The third-order valence-electron chi connectivity index (χ3n) is 6.27. The molecule has 1 saturated carbocycles. The van der Waals surface area contributed by atoms with Crippen LogP contribution in [0.3, 0.4) is 0 Å². The lowest BCUT2D eigenvalue weighted by Crippen LogP contribution is -2.47. The number of aryl methyl sites for hydroxylation is 2. The van der Waals surface area contributed by atoms with Crippen LogP contribution in [-0.4, -0.2) is 39.9 Å². The summed E-state index contributed by atoms with van der Waals surface area (Å²) in [6.07, 6.45) is 7.16. The molecule has 1 aliphatic heterocycles. The average molecular weight is 395 g/mol. The Morgan fingerprint density at radius 1 is 1.14 bits per heavy atom. The quantitative estimate of drug-likeness (QED) is 0.602. The molecule has 6 heteroatoms. The van der Waals surface area contributed by atoms with Crippen molar-refractivity contribution >= 4 is 5.96 Å². The molecular formula is C23H34N6. The normalized spacial score (nSPS) is 24.8. The molecule has 0 bridgehead atoms. The maximum Gasteiger partial charge on any atom is 0.191 e. The fourth-order valence-corrected chi connectivity index (χ4v) is 4.69. The smallest absolute Gasteiger partial charge is 0.191 e. The molecule has 1 unspecified atom stereocenters. The molecule has 1 aromatic carbocycles. The van der Waals surface area contributed by atoms with Gasteiger partial charge in [-0.2, -0.15) is 5.10 Å². The van der Waals surface area contributed by atoms with Crippen molar-refractivity contribution in [2.75, 3.05) is 13.1 Å². The zero-order valence-corrected chi connectivity index (χ0v) is 17.8. The van der Waals surface area contributed by atoms with E-state index in [2.05, 4.69) is 58.0 Å². The van der Waals surface area contributed by atoms with E-state index in [1.165, 1.54) is 31.2 Å². The van der Waals surface area contributed by atoms with Crippen LogP contribution in [-0.2, 0) is 13.0 Å². The first-order valence-electron chi connectivity index (χ1n) is 11.2. The van der Waals surface area contributed by atoms with Gasteiger partial charge in [0.15, 0.2) is 5.96 Å². The molecule has 0 radical (unpaired) electrons. The van der Waals surface area contributed by atoms with E-state index in [9.17, 15) is 0 Å². The molecule has 2 aromatic rings. The Labute approximate surface area is 174 Å². The molecule has 1 atom stereocenters. The minimum Gasteiger partial charge on any atom is -0.357 e.